The predicted octanol–water partition coefficient (Wildman–Crippen LogP) is 2.77. The lowest BCUT2D eigenvalue weighted by Crippen LogP contribution is -2.34. The molecular formula is C15H19ClN2O2S. The third-order valence-electron chi connectivity index (χ3n) is 3.09. The molecule has 4 nitrogen and oxygen atoms in total. The number of hydrogen-bond acceptors (Lipinski definition) is 3. The van der Waals surface area contributed by atoms with Crippen molar-refractivity contribution in [3.8, 4) is 0 Å². The predicted molar refractivity (Wildman–Crippen MR) is 87.3 cm³/mol. The molecule has 0 aliphatic carbocycles. The van der Waals surface area contributed by atoms with Crippen LogP contribution in [0.3, 0.4) is 0 Å². The van der Waals surface area contributed by atoms with Crippen molar-refractivity contribution >= 4 is 32.4 Å². The summed E-state index contributed by atoms with van der Waals surface area (Å²) >= 11 is 6.12. The van der Waals surface area contributed by atoms with Crippen LogP contribution < -0.4 is 10.0 Å². The molecule has 2 aromatic carbocycles. The van der Waals surface area contributed by atoms with Gasteiger partial charge in [0, 0.05) is 34.9 Å². The first-order chi connectivity index (χ1) is 9.92. The van der Waals surface area contributed by atoms with Crippen LogP contribution in [0.5, 0.6) is 0 Å². The number of sulfonamides is 1. The maximum atomic E-state index is 12.4. The molecule has 0 bridgehead atoms. The molecule has 0 saturated heterocycles. The largest absolute Gasteiger partial charge is 0.313 e. The summed E-state index contributed by atoms with van der Waals surface area (Å²) in [6, 6.07) is 10.7. The molecule has 0 aliphatic rings. The van der Waals surface area contributed by atoms with Crippen LogP contribution in [0.25, 0.3) is 10.8 Å². The van der Waals surface area contributed by atoms with E-state index in [-0.39, 0.29) is 4.90 Å². The topological polar surface area (TPSA) is 58.2 Å². The monoisotopic (exact) mass is 326 g/mol. The lowest BCUT2D eigenvalue weighted by Gasteiger charge is -2.11. The zero-order chi connectivity index (χ0) is 15.5. The van der Waals surface area contributed by atoms with Crippen molar-refractivity contribution in [2.75, 3.05) is 13.1 Å². The minimum atomic E-state index is -3.55. The summed E-state index contributed by atoms with van der Waals surface area (Å²) in [4.78, 5) is 0.257. The van der Waals surface area contributed by atoms with Crippen LogP contribution in [0.15, 0.2) is 41.3 Å². The Bertz CT molecular complexity index is 730. The summed E-state index contributed by atoms with van der Waals surface area (Å²) in [6.45, 7) is 4.96. The molecule has 114 valence electrons. The number of fused-ring (bicyclic) bond motifs is 1. The lowest BCUT2D eigenvalue weighted by molar-refractivity contribution is 0.560. The lowest BCUT2D eigenvalue weighted by atomic mass is 10.1. The molecule has 6 heteroatoms. The van der Waals surface area contributed by atoms with E-state index >= 15 is 0 Å². The second-order valence-corrected chi connectivity index (χ2v) is 7.24. The second kappa shape index (κ2) is 6.75. The fraction of sp³-hybridized carbons (Fsp3) is 0.333. The van der Waals surface area contributed by atoms with Gasteiger partial charge in [0.2, 0.25) is 10.0 Å². The molecule has 0 fully saturated rings. The van der Waals surface area contributed by atoms with Gasteiger partial charge in [-0.2, -0.15) is 0 Å². The van der Waals surface area contributed by atoms with Gasteiger partial charge in [0.05, 0.1) is 4.90 Å². The van der Waals surface area contributed by atoms with E-state index in [2.05, 4.69) is 10.0 Å². The molecule has 2 rings (SSSR count). The summed E-state index contributed by atoms with van der Waals surface area (Å²) in [7, 11) is -3.55. The molecule has 0 saturated carbocycles. The van der Waals surface area contributed by atoms with Crippen LogP contribution in [0.1, 0.15) is 13.8 Å². The zero-order valence-corrected chi connectivity index (χ0v) is 13.6. The average molecular weight is 327 g/mol. The van der Waals surface area contributed by atoms with Crippen LogP contribution in [0.4, 0.5) is 0 Å². The Kier molecular flexibility index (Phi) is 5.22. The van der Waals surface area contributed by atoms with Crippen molar-refractivity contribution in [1.82, 2.24) is 10.0 Å². The van der Waals surface area contributed by atoms with Gasteiger partial charge >= 0.3 is 0 Å². The van der Waals surface area contributed by atoms with Gasteiger partial charge in [0.15, 0.2) is 0 Å². The van der Waals surface area contributed by atoms with Gasteiger partial charge in [-0.3, -0.25) is 0 Å². The molecule has 0 aliphatic heterocycles. The van der Waals surface area contributed by atoms with Crippen LogP contribution in [0.2, 0.25) is 5.02 Å². The standard InChI is InChI=1S/C15H19ClN2O2S/c1-11(2)17-9-10-18-21(19,20)15-8-4-5-12-13(15)6-3-7-14(12)16/h3-8,11,17-18H,9-10H2,1-2H3. The Labute approximate surface area is 130 Å². The first-order valence-electron chi connectivity index (χ1n) is 6.82. The average Bonchev–Trinajstić information content (AvgIpc) is 2.43. The smallest absolute Gasteiger partial charge is 0.241 e. The highest BCUT2D eigenvalue weighted by atomic mass is 35.5. The number of nitrogens with one attached hydrogen (secondary N) is 2. The number of rotatable bonds is 6. The number of hydrogen-bond donors (Lipinski definition) is 2. The van der Waals surface area contributed by atoms with E-state index < -0.39 is 10.0 Å². The molecule has 21 heavy (non-hydrogen) atoms. The molecule has 2 aromatic rings. The zero-order valence-electron chi connectivity index (χ0n) is 12.1. The quantitative estimate of drug-likeness (QED) is 0.802. The molecular weight excluding hydrogens is 308 g/mol. The van der Waals surface area contributed by atoms with E-state index in [0.717, 1.165) is 5.39 Å². The van der Waals surface area contributed by atoms with E-state index in [0.29, 0.717) is 29.5 Å². The van der Waals surface area contributed by atoms with Gasteiger partial charge in [-0.05, 0) is 12.1 Å². The third kappa shape index (κ3) is 3.95. The highest BCUT2D eigenvalue weighted by Gasteiger charge is 2.17. The van der Waals surface area contributed by atoms with Crippen LogP contribution in [-0.2, 0) is 10.0 Å². The van der Waals surface area contributed by atoms with E-state index in [1.165, 1.54) is 0 Å². The van der Waals surface area contributed by atoms with Crippen molar-refractivity contribution in [2.24, 2.45) is 0 Å². The minimum absolute atomic E-state index is 0.257. The molecule has 0 atom stereocenters. The summed E-state index contributed by atoms with van der Waals surface area (Å²) in [5, 5.41) is 5.09. The highest BCUT2D eigenvalue weighted by molar-refractivity contribution is 7.89. The van der Waals surface area contributed by atoms with E-state index in [4.69, 9.17) is 11.6 Å². The van der Waals surface area contributed by atoms with Gasteiger partial charge in [0.1, 0.15) is 0 Å². The van der Waals surface area contributed by atoms with Crippen LogP contribution >= 0.6 is 11.6 Å². The summed E-state index contributed by atoms with van der Waals surface area (Å²) in [5.74, 6) is 0. The molecule has 0 spiro atoms. The van der Waals surface area contributed by atoms with Gasteiger partial charge in [-0.15, -0.1) is 0 Å². The Morgan fingerprint density at radius 2 is 1.71 bits per heavy atom. The molecule has 0 aromatic heterocycles. The van der Waals surface area contributed by atoms with Crippen LogP contribution in [0, 0.1) is 0 Å². The first-order valence-corrected chi connectivity index (χ1v) is 8.68. The van der Waals surface area contributed by atoms with E-state index in [1.54, 1.807) is 30.3 Å². The Balaban J connectivity index is 2.26. The van der Waals surface area contributed by atoms with Gasteiger partial charge in [-0.25, -0.2) is 13.1 Å². The van der Waals surface area contributed by atoms with Crippen LogP contribution in [-0.4, -0.2) is 27.5 Å². The fourth-order valence-corrected chi connectivity index (χ4v) is 3.59. The van der Waals surface area contributed by atoms with E-state index in [9.17, 15) is 8.42 Å². The second-order valence-electron chi connectivity index (χ2n) is 5.10. The molecule has 0 radical (unpaired) electrons. The van der Waals surface area contributed by atoms with Crippen molar-refractivity contribution in [3.63, 3.8) is 0 Å². The third-order valence-corrected chi connectivity index (χ3v) is 4.94. The van der Waals surface area contributed by atoms with Crippen molar-refractivity contribution < 1.29 is 8.42 Å². The van der Waals surface area contributed by atoms with Crippen molar-refractivity contribution in [2.45, 2.75) is 24.8 Å². The summed E-state index contributed by atoms with van der Waals surface area (Å²) in [5.41, 5.74) is 0. The molecule has 0 amide bonds. The SMILES string of the molecule is CC(C)NCCNS(=O)(=O)c1cccc2c(Cl)cccc12. The summed E-state index contributed by atoms with van der Waals surface area (Å²) < 4.78 is 27.4. The minimum Gasteiger partial charge on any atom is -0.313 e. The Morgan fingerprint density at radius 3 is 2.43 bits per heavy atom. The van der Waals surface area contributed by atoms with Gasteiger partial charge in [0.25, 0.3) is 0 Å². The Morgan fingerprint density at radius 1 is 1.05 bits per heavy atom. The first kappa shape index (κ1) is 16.2. The fourth-order valence-electron chi connectivity index (χ4n) is 2.10. The molecule has 0 heterocycles. The number of halogens is 1. The number of benzene rings is 2. The highest BCUT2D eigenvalue weighted by Crippen LogP contribution is 2.28. The van der Waals surface area contributed by atoms with Crippen molar-refractivity contribution in [1.29, 1.82) is 0 Å². The normalized spacial score (nSPS) is 12.2. The maximum Gasteiger partial charge on any atom is 0.241 e. The summed E-state index contributed by atoms with van der Waals surface area (Å²) in [6.07, 6.45) is 0. The van der Waals surface area contributed by atoms with E-state index in [1.807, 2.05) is 19.9 Å². The van der Waals surface area contributed by atoms with Gasteiger partial charge in [-0.1, -0.05) is 49.7 Å². The van der Waals surface area contributed by atoms with Crippen molar-refractivity contribution in [3.05, 3.63) is 41.4 Å². The Hall–Kier alpha value is -1.14. The van der Waals surface area contributed by atoms with Gasteiger partial charge < -0.3 is 5.32 Å². The maximum absolute atomic E-state index is 12.4. The molecule has 0 unspecified atom stereocenters. The molecule has 2 N–H and O–H groups in total.